The van der Waals surface area contributed by atoms with Gasteiger partial charge in [0.15, 0.2) is 11.6 Å². The van der Waals surface area contributed by atoms with Crippen molar-refractivity contribution < 1.29 is 5.11 Å². The number of aromatic amines is 1. The number of imidazole rings is 1. The van der Waals surface area contributed by atoms with Crippen molar-refractivity contribution in [3.63, 3.8) is 0 Å². The molecule has 3 aromatic rings. The quantitative estimate of drug-likeness (QED) is 0.674. The normalized spacial score (nSPS) is 11.8. The van der Waals surface area contributed by atoms with Crippen LogP contribution in [0.15, 0.2) is 12.1 Å². The molecule has 0 aliphatic heterocycles. The van der Waals surface area contributed by atoms with Crippen LogP contribution >= 0.6 is 0 Å². The van der Waals surface area contributed by atoms with E-state index in [0.29, 0.717) is 28.6 Å². The minimum atomic E-state index is -0.207. The third-order valence-corrected chi connectivity index (χ3v) is 3.18. The lowest BCUT2D eigenvalue weighted by Gasteiger charge is -2.08. The molecule has 0 aliphatic rings. The molecule has 0 radical (unpaired) electrons. The average Bonchev–Trinajstić information content (AvgIpc) is 2.84. The summed E-state index contributed by atoms with van der Waals surface area (Å²) >= 11 is 0. The Balaban J connectivity index is 2.28. The Morgan fingerprint density at radius 3 is 2.65 bits per heavy atom. The van der Waals surface area contributed by atoms with E-state index >= 15 is 0 Å². The SMILES string of the molecule is CC(C)Cc1ccc2nc(N)c3nc(CO)nc3c2[nH]1. The smallest absolute Gasteiger partial charge is 0.155 e. The van der Waals surface area contributed by atoms with Gasteiger partial charge in [-0.05, 0) is 24.5 Å². The number of hydrogen-bond acceptors (Lipinski definition) is 5. The van der Waals surface area contributed by atoms with E-state index in [1.165, 1.54) is 0 Å². The lowest BCUT2D eigenvalue weighted by molar-refractivity contribution is 0.273. The molecule has 0 fully saturated rings. The second kappa shape index (κ2) is 4.72. The van der Waals surface area contributed by atoms with Gasteiger partial charge >= 0.3 is 0 Å². The van der Waals surface area contributed by atoms with Gasteiger partial charge in [0.1, 0.15) is 17.6 Å². The van der Waals surface area contributed by atoms with E-state index in [1.807, 2.05) is 12.1 Å². The van der Waals surface area contributed by atoms with Crippen molar-refractivity contribution in [2.24, 2.45) is 5.92 Å². The number of nitrogens with zero attached hydrogens (tertiary/aromatic N) is 3. The molecule has 0 unspecified atom stereocenters. The molecular weight excluding hydrogens is 254 g/mol. The molecule has 104 valence electrons. The summed E-state index contributed by atoms with van der Waals surface area (Å²) in [5, 5.41) is 9.18. The number of pyridine rings is 2. The molecule has 6 heteroatoms. The molecule has 0 saturated heterocycles. The largest absolute Gasteiger partial charge is 0.388 e. The maximum Gasteiger partial charge on any atom is 0.155 e. The molecular formula is C14H17N5O. The number of aromatic nitrogens is 4. The monoisotopic (exact) mass is 271 g/mol. The molecule has 0 saturated carbocycles. The summed E-state index contributed by atoms with van der Waals surface area (Å²) in [6, 6.07) is 3.95. The number of anilines is 1. The van der Waals surface area contributed by atoms with Crippen LogP contribution in [0.2, 0.25) is 0 Å². The van der Waals surface area contributed by atoms with Gasteiger partial charge in [0.05, 0.1) is 11.0 Å². The molecule has 3 rings (SSSR count). The van der Waals surface area contributed by atoms with E-state index in [4.69, 9.17) is 5.73 Å². The van der Waals surface area contributed by atoms with Crippen LogP contribution in [0.4, 0.5) is 5.82 Å². The molecule has 0 spiro atoms. The molecule has 20 heavy (non-hydrogen) atoms. The maximum absolute atomic E-state index is 9.18. The summed E-state index contributed by atoms with van der Waals surface area (Å²) in [4.78, 5) is 16.2. The number of nitrogens with one attached hydrogen (secondary N) is 1. The number of aliphatic hydroxyl groups is 1. The van der Waals surface area contributed by atoms with Crippen LogP contribution < -0.4 is 5.73 Å². The first kappa shape index (κ1) is 12.8. The van der Waals surface area contributed by atoms with Gasteiger partial charge in [-0.3, -0.25) is 0 Å². The Morgan fingerprint density at radius 1 is 1.20 bits per heavy atom. The molecule has 6 nitrogen and oxygen atoms in total. The fourth-order valence-corrected chi connectivity index (χ4v) is 2.36. The molecule has 0 atom stereocenters. The Hall–Kier alpha value is -2.21. The van der Waals surface area contributed by atoms with Gasteiger partial charge in [0.25, 0.3) is 0 Å². The zero-order chi connectivity index (χ0) is 14.3. The molecule has 0 aliphatic carbocycles. The van der Waals surface area contributed by atoms with Crippen molar-refractivity contribution in [1.29, 1.82) is 0 Å². The van der Waals surface area contributed by atoms with Crippen molar-refractivity contribution in [2.75, 3.05) is 5.73 Å². The van der Waals surface area contributed by atoms with E-state index in [2.05, 4.69) is 33.8 Å². The summed E-state index contributed by atoms with van der Waals surface area (Å²) in [5.41, 5.74) is 9.80. The number of nitrogen functional groups attached to an aromatic ring is 1. The number of nitrogens with two attached hydrogens (primary N) is 1. The summed E-state index contributed by atoms with van der Waals surface area (Å²) in [6.45, 7) is 4.13. The highest BCUT2D eigenvalue weighted by Gasteiger charge is 2.13. The second-order valence-electron chi connectivity index (χ2n) is 5.33. The van der Waals surface area contributed by atoms with Gasteiger partial charge < -0.3 is 15.8 Å². The van der Waals surface area contributed by atoms with Crippen LogP contribution in [0.1, 0.15) is 25.4 Å². The minimum absolute atomic E-state index is 0.207. The molecule has 0 bridgehead atoms. The highest BCUT2D eigenvalue weighted by atomic mass is 16.3. The lowest BCUT2D eigenvalue weighted by atomic mass is 10.1. The van der Waals surface area contributed by atoms with E-state index in [1.54, 1.807) is 0 Å². The van der Waals surface area contributed by atoms with Crippen LogP contribution in [-0.2, 0) is 13.0 Å². The molecule has 0 amide bonds. The van der Waals surface area contributed by atoms with E-state index in [0.717, 1.165) is 23.1 Å². The third kappa shape index (κ3) is 2.08. The lowest BCUT2D eigenvalue weighted by Crippen LogP contribution is -1.99. The predicted molar refractivity (Wildman–Crippen MR) is 78.1 cm³/mol. The first-order chi connectivity index (χ1) is 9.58. The number of hydrogen-bond donors (Lipinski definition) is 3. The summed E-state index contributed by atoms with van der Waals surface area (Å²) in [5.74, 6) is 1.26. The number of H-pyrrole nitrogens is 1. The van der Waals surface area contributed by atoms with Crippen LogP contribution in [0.3, 0.4) is 0 Å². The first-order valence-corrected chi connectivity index (χ1v) is 6.63. The van der Waals surface area contributed by atoms with E-state index in [-0.39, 0.29) is 6.61 Å². The predicted octanol–water partition coefficient (Wildman–Crippen LogP) is 1.78. The molecule has 4 N–H and O–H groups in total. The molecule has 3 heterocycles. The van der Waals surface area contributed by atoms with Crippen molar-refractivity contribution in [3.8, 4) is 0 Å². The number of aliphatic hydroxyl groups excluding tert-OH is 1. The number of rotatable bonds is 3. The fourth-order valence-electron chi connectivity index (χ4n) is 2.36. The first-order valence-electron chi connectivity index (χ1n) is 6.63. The van der Waals surface area contributed by atoms with Crippen LogP contribution in [-0.4, -0.2) is 25.0 Å². The van der Waals surface area contributed by atoms with Gasteiger partial charge in [-0.2, -0.15) is 0 Å². The second-order valence-corrected chi connectivity index (χ2v) is 5.33. The Labute approximate surface area is 116 Å². The highest BCUT2D eigenvalue weighted by molar-refractivity contribution is 6.03. The zero-order valence-corrected chi connectivity index (χ0v) is 11.5. The van der Waals surface area contributed by atoms with Crippen LogP contribution in [0.5, 0.6) is 0 Å². The third-order valence-electron chi connectivity index (χ3n) is 3.18. The zero-order valence-electron chi connectivity index (χ0n) is 11.5. The van der Waals surface area contributed by atoms with Gasteiger partial charge in [-0.25, -0.2) is 15.0 Å². The maximum atomic E-state index is 9.18. The van der Waals surface area contributed by atoms with Crippen molar-refractivity contribution in [1.82, 2.24) is 19.9 Å². The van der Waals surface area contributed by atoms with E-state index in [9.17, 15) is 5.11 Å². The van der Waals surface area contributed by atoms with Crippen molar-refractivity contribution in [2.45, 2.75) is 26.9 Å². The van der Waals surface area contributed by atoms with Gasteiger partial charge in [-0.15, -0.1) is 0 Å². The average molecular weight is 271 g/mol. The Bertz CT molecular complexity index is 778. The topological polar surface area (TPSA) is 101 Å². The summed E-state index contributed by atoms with van der Waals surface area (Å²) in [6.07, 6.45) is 0.947. The summed E-state index contributed by atoms with van der Waals surface area (Å²) < 4.78 is 0. The molecule has 3 aromatic heterocycles. The van der Waals surface area contributed by atoms with E-state index < -0.39 is 0 Å². The highest BCUT2D eigenvalue weighted by Crippen LogP contribution is 2.25. The van der Waals surface area contributed by atoms with Crippen LogP contribution in [0, 0.1) is 5.92 Å². The Kier molecular flexibility index (Phi) is 3.02. The standard InChI is InChI=1S/C14H17N5O/c1-7(2)5-8-3-4-9-11(16-8)12-13(14(15)17-9)19-10(6-20)18-12/h3-4,7,16,20H,5-6H2,1-2H3,(H2,15,17). The van der Waals surface area contributed by atoms with Gasteiger partial charge in [0.2, 0.25) is 0 Å². The summed E-state index contributed by atoms with van der Waals surface area (Å²) in [7, 11) is 0. The Morgan fingerprint density at radius 2 is 1.95 bits per heavy atom. The van der Waals surface area contributed by atoms with Crippen LogP contribution in [0.25, 0.3) is 22.1 Å². The minimum Gasteiger partial charge on any atom is -0.388 e. The van der Waals surface area contributed by atoms with Crippen molar-refractivity contribution >= 4 is 27.9 Å². The van der Waals surface area contributed by atoms with Gasteiger partial charge in [0, 0.05) is 5.69 Å². The van der Waals surface area contributed by atoms with Crippen molar-refractivity contribution in [3.05, 3.63) is 23.7 Å². The fraction of sp³-hybridized carbons (Fsp3) is 0.357. The van der Waals surface area contributed by atoms with Gasteiger partial charge in [-0.1, -0.05) is 13.8 Å². The number of fused-ring (bicyclic) bond motifs is 3. The molecule has 0 aromatic carbocycles.